The molecule has 0 aliphatic carbocycles. The molecule has 0 radical (unpaired) electrons. The molecule has 1 aliphatic heterocycles. The topological polar surface area (TPSA) is 96.5 Å². The molecule has 8 heteroatoms. The van der Waals surface area contributed by atoms with Gasteiger partial charge in [-0.2, -0.15) is 0 Å². The van der Waals surface area contributed by atoms with Gasteiger partial charge in [0.15, 0.2) is 0 Å². The van der Waals surface area contributed by atoms with Crippen molar-refractivity contribution >= 4 is 28.7 Å². The van der Waals surface area contributed by atoms with E-state index in [1.54, 1.807) is 17.9 Å². The molecule has 1 saturated heterocycles. The standard InChI is InChI=1S/C16H17N3O4.K/c1-10-9-18(15(21)16(22)23)6-7-19(10)14(20)13-8-11-4-2-3-5-12(11)17-13;/h2-5,8,10,17H,6-7,9H2,1H3,(H,22,23);/q;+1/p-1/t10-;/m0./s1. The first-order chi connectivity index (χ1) is 11.0. The van der Waals surface area contributed by atoms with Crippen molar-refractivity contribution in [3.63, 3.8) is 0 Å². The number of carboxylic acids is 1. The van der Waals surface area contributed by atoms with E-state index in [1.807, 2.05) is 24.3 Å². The molecule has 120 valence electrons. The number of nitrogens with one attached hydrogen (secondary N) is 1. The molecule has 2 aromatic rings. The zero-order valence-corrected chi connectivity index (χ0v) is 16.7. The molecule has 1 atom stereocenters. The smallest absolute Gasteiger partial charge is 0.540 e. The van der Waals surface area contributed by atoms with Crippen LogP contribution >= 0.6 is 0 Å². The van der Waals surface area contributed by atoms with Crippen LogP contribution in [0.15, 0.2) is 30.3 Å². The Morgan fingerprint density at radius 3 is 2.54 bits per heavy atom. The minimum Gasteiger partial charge on any atom is -0.540 e. The Morgan fingerprint density at radius 1 is 1.21 bits per heavy atom. The van der Waals surface area contributed by atoms with Gasteiger partial charge in [0, 0.05) is 36.6 Å². The number of fused-ring (bicyclic) bond motifs is 1. The number of rotatable bonds is 1. The van der Waals surface area contributed by atoms with E-state index in [2.05, 4.69) is 4.98 Å². The number of piperazine rings is 1. The van der Waals surface area contributed by atoms with Gasteiger partial charge < -0.3 is 24.7 Å². The van der Waals surface area contributed by atoms with E-state index in [9.17, 15) is 19.5 Å². The fraction of sp³-hybridized carbons (Fsp3) is 0.312. The van der Waals surface area contributed by atoms with Crippen LogP contribution in [0.1, 0.15) is 17.4 Å². The van der Waals surface area contributed by atoms with Gasteiger partial charge in [0.05, 0.1) is 0 Å². The Hall–Kier alpha value is -1.19. The second-order valence-corrected chi connectivity index (χ2v) is 5.66. The number of nitrogens with zero attached hydrogens (tertiary/aromatic N) is 2. The predicted octanol–water partition coefficient (Wildman–Crippen LogP) is -3.41. The summed E-state index contributed by atoms with van der Waals surface area (Å²) >= 11 is 0. The van der Waals surface area contributed by atoms with Crippen LogP contribution in [0.25, 0.3) is 10.9 Å². The number of amides is 2. The zero-order valence-electron chi connectivity index (χ0n) is 13.6. The van der Waals surface area contributed by atoms with Crippen LogP contribution in [0.4, 0.5) is 0 Å². The molecule has 1 aliphatic rings. The first kappa shape index (κ1) is 19.1. The van der Waals surface area contributed by atoms with Gasteiger partial charge in [-0.15, -0.1) is 0 Å². The van der Waals surface area contributed by atoms with Gasteiger partial charge in [-0.05, 0) is 19.1 Å². The minimum atomic E-state index is -1.72. The molecule has 1 aromatic heterocycles. The number of aromatic amines is 1. The van der Waals surface area contributed by atoms with Gasteiger partial charge in [0.2, 0.25) is 0 Å². The van der Waals surface area contributed by atoms with Crippen molar-refractivity contribution < 1.29 is 70.9 Å². The summed E-state index contributed by atoms with van der Waals surface area (Å²) in [6, 6.07) is 9.13. The van der Waals surface area contributed by atoms with Crippen LogP contribution in [0, 0.1) is 0 Å². The first-order valence-electron chi connectivity index (χ1n) is 7.36. The molecule has 1 N–H and O–H groups in total. The van der Waals surface area contributed by atoms with Gasteiger partial charge in [-0.3, -0.25) is 9.59 Å². The van der Waals surface area contributed by atoms with Crippen molar-refractivity contribution in [2.75, 3.05) is 19.6 Å². The number of benzene rings is 1. The van der Waals surface area contributed by atoms with Crippen LogP contribution in [0.3, 0.4) is 0 Å². The van der Waals surface area contributed by atoms with Crippen LogP contribution < -0.4 is 56.5 Å². The summed E-state index contributed by atoms with van der Waals surface area (Å²) in [5, 5.41) is 11.6. The summed E-state index contributed by atoms with van der Waals surface area (Å²) in [5.74, 6) is -2.91. The summed E-state index contributed by atoms with van der Waals surface area (Å²) in [6.45, 7) is 2.44. The third-order valence-electron chi connectivity index (χ3n) is 4.11. The van der Waals surface area contributed by atoms with Crippen molar-refractivity contribution in [2.24, 2.45) is 0 Å². The Morgan fingerprint density at radius 2 is 1.92 bits per heavy atom. The van der Waals surface area contributed by atoms with Crippen LogP contribution in [-0.4, -0.2) is 58.2 Å². The van der Waals surface area contributed by atoms with Crippen molar-refractivity contribution in [3.05, 3.63) is 36.0 Å². The van der Waals surface area contributed by atoms with Crippen molar-refractivity contribution in [1.82, 2.24) is 14.8 Å². The minimum absolute atomic E-state index is 0. The Bertz CT molecular complexity index is 755. The molecular formula is C16H16KN3O4. The Balaban J connectivity index is 0.00000208. The number of carbonyl (C=O) groups excluding carboxylic acids is 3. The number of hydrogen-bond donors (Lipinski definition) is 1. The Kier molecular flexibility index (Phi) is 6.21. The Labute approximate surface area is 181 Å². The number of aliphatic carboxylic acids is 1. The zero-order chi connectivity index (χ0) is 16.6. The second kappa shape index (κ2) is 7.79. The van der Waals surface area contributed by atoms with Crippen LogP contribution in [0.2, 0.25) is 0 Å². The average Bonchev–Trinajstić information content (AvgIpc) is 2.97. The van der Waals surface area contributed by atoms with E-state index in [-0.39, 0.29) is 83.0 Å². The number of para-hydroxylation sites is 1. The molecule has 0 unspecified atom stereocenters. The summed E-state index contributed by atoms with van der Waals surface area (Å²) in [4.78, 5) is 40.7. The number of aromatic nitrogens is 1. The van der Waals surface area contributed by atoms with Gasteiger partial charge >= 0.3 is 51.4 Å². The fourth-order valence-electron chi connectivity index (χ4n) is 2.92. The fourth-order valence-corrected chi connectivity index (χ4v) is 2.92. The van der Waals surface area contributed by atoms with E-state index in [4.69, 9.17) is 0 Å². The van der Waals surface area contributed by atoms with Gasteiger partial charge in [0.25, 0.3) is 11.8 Å². The van der Waals surface area contributed by atoms with Gasteiger partial charge in [-0.25, -0.2) is 0 Å². The van der Waals surface area contributed by atoms with E-state index in [1.165, 1.54) is 4.90 Å². The molecule has 2 amide bonds. The molecule has 7 nitrogen and oxygen atoms in total. The SMILES string of the molecule is C[C@H]1CN(C(=O)C(=O)[O-])CCN1C(=O)c1cc2ccccc2[nH]1.[K+]. The molecular weight excluding hydrogens is 337 g/mol. The molecule has 3 rings (SSSR count). The first-order valence-corrected chi connectivity index (χ1v) is 7.36. The molecule has 24 heavy (non-hydrogen) atoms. The third-order valence-corrected chi connectivity index (χ3v) is 4.11. The average molecular weight is 353 g/mol. The third kappa shape index (κ3) is 3.73. The quantitative estimate of drug-likeness (QED) is 0.427. The second-order valence-electron chi connectivity index (χ2n) is 5.66. The molecule has 0 bridgehead atoms. The predicted molar refractivity (Wildman–Crippen MR) is 80.4 cm³/mol. The maximum absolute atomic E-state index is 12.7. The van der Waals surface area contributed by atoms with Crippen LogP contribution in [0.5, 0.6) is 0 Å². The summed E-state index contributed by atoms with van der Waals surface area (Å²) in [7, 11) is 0. The van der Waals surface area contributed by atoms with Gasteiger partial charge in [0.1, 0.15) is 11.7 Å². The van der Waals surface area contributed by atoms with E-state index < -0.39 is 11.9 Å². The monoisotopic (exact) mass is 353 g/mol. The maximum Gasteiger partial charge on any atom is 1.00 e. The van der Waals surface area contributed by atoms with Crippen molar-refractivity contribution in [1.29, 1.82) is 0 Å². The van der Waals surface area contributed by atoms with Crippen molar-refractivity contribution in [3.8, 4) is 0 Å². The molecule has 1 aromatic carbocycles. The number of carboxylic acid groups (broad SMARTS) is 1. The summed E-state index contributed by atoms with van der Waals surface area (Å²) in [6.07, 6.45) is 0. The summed E-state index contributed by atoms with van der Waals surface area (Å²) in [5.41, 5.74) is 1.37. The molecule has 0 saturated carbocycles. The van der Waals surface area contributed by atoms with E-state index in [0.717, 1.165) is 10.9 Å². The molecule has 1 fully saturated rings. The van der Waals surface area contributed by atoms with Crippen molar-refractivity contribution in [2.45, 2.75) is 13.0 Å². The number of H-pyrrole nitrogens is 1. The normalized spacial score (nSPS) is 17.5. The number of hydrogen-bond acceptors (Lipinski definition) is 4. The van der Waals surface area contributed by atoms with E-state index in [0.29, 0.717) is 5.69 Å². The molecule has 0 spiro atoms. The van der Waals surface area contributed by atoms with Gasteiger partial charge in [-0.1, -0.05) is 18.2 Å². The largest absolute Gasteiger partial charge is 1.00 e. The molecule has 2 heterocycles. The summed E-state index contributed by atoms with van der Waals surface area (Å²) < 4.78 is 0. The number of carbonyl (C=O) groups is 3. The maximum atomic E-state index is 12.7. The van der Waals surface area contributed by atoms with E-state index >= 15 is 0 Å². The van der Waals surface area contributed by atoms with Crippen LogP contribution in [-0.2, 0) is 9.59 Å².